The SMILES string of the molecule is C=C(OCCOC)N1Cc2cc(Oc3ccc(C(C)(C)C)cc3)ccc2CC1C(=O)NC(Cc1ccc(-c2ccccc2)cc1)C(=O)O. The van der Waals surface area contributed by atoms with Crippen LogP contribution in [0.25, 0.3) is 11.1 Å². The second-order valence-corrected chi connectivity index (χ2v) is 13.1. The van der Waals surface area contributed by atoms with E-state index in [1.165, 1.54) is 5.56 Å². The molecule has 8 nitrogen and oxygen atoms in total. The monoisotopic (exact) mass is 648 g/mol. The van der Waals surface area contributed by atoms with E-state index in [1.807, 2.05) is 84.9 Å². The summed E-state index contributed by atoms with van der Waals surface area (Å²) in [4.78, 5) is 28.0. The number of carboxylic acids is 1. The van der Waals surface area contributed by atoms with E-state index in [1.54, 1.807) is 12.0 Å². The van der Waals surface area contributed by atoms with Gasteiger partial charge in [-0.3, -0.25) is 4.79 Å². The topological polar surface area (TPSA) is 97.3 Å². The summed E-state index contributed by atoms with van der Waals surface area (Å²) in [5, 5.41) is 12.9. The molecule has 1 amide bonds. The third-order valence-corrected chi connectivity index (χ3v) is 8.56. The van der Waals surface area contributed by atoms with Gasteiger partial charge in [0.1, 0.15) is 30.2 Å². The molecule has 0 fully saturated rings. The van der Waals surface area contributed by atoms with E-state index < -0.39 is 24.0 Å². The number of methoxy groups -OCH3 is 1. The highest BCUT2D eigenvalue weighted by atomic mass is 16.5. The number of carbonyl (C=O) groups excluding carboxylic acids is 1. The molecule has 0 aliphatic carbocycles. The summed E-state index contributed by atoms with van der Waals surface area (Å²) in [5.41, 5.74) is 6.11. The second kappa shape index (κ2) is 15.2. The molecule has 1 aliphatic heterocycles. The number of ether oxygens (including phenoxy) is 3. The molecule has 0 radical (unpaired) electrons. The highest BCUT2D eigenvalue weighted by Gasteiger charge is 2.35. The summed E-state index contributed by atoms with van der Waals surface area (Å²) in [6.07, 6.45) is 0.481. The Kier molecular flexibility index (Phi) is 10.9. The molecule has 0 saturated carbocycles. The van der Waals surface area contributed by atoms with E-state index >= 15 is 0 Å². The lowest BCUT2D eigenvalue weighted by atomic mass is 9.87. The first-order valence-corrected chi connectivity index (χ1v) is 16.2. The molecule has 0 bridgehead atoms. The minimum atomic E-state index is -1.12. The van der Waals surface area contributed by atoms with Crippen molar-refractivity contribution in [2.45, 2.75) is 57.7 Å². The van der Waals surface area contributed by atoms with Crippen molar-refractivity contribution < 1.29 is 28.9 Å². The van der Waals surface area contributed by atoms with Gasteiger partial charge in [0.25, 0.3) is 0 Å². The van der Waals surface area contributed by atoms with Crippen LogP contribution >= 0.6 is 0 Å². The van der Waals surface area contributed by atoms with E-state index in [0.29, 0.717) is 31.2 Å². The van der Waals surface area contributed by atoms with Crippen LogP contribution in [0, 0.1) is 0 Å². The maximum absolute atomic E-state index is 13.8. The predicted molar refractivity (Wildman–Crippen MR) is 187 cm³/mol. The molecule has 250 valence electrons. The van der Waals surface area contributed by atoms with E-state index in [4.69, 9.17) is 14.2 Å². The zero-order valence-electron chi connectivity index (χ0n) is 28.1. The first-order chi connectivity index (χ1) is 23.0. The Labute approximate surface area is 283 Å². The van der Waals surface area contributed by atoms with Gasteiger partial charge in [-0.05, 0) is 69.6 Å². The highest BCUT2D eigenvalue weighted by molar-refractivity contribution is 5.87. The zero-order chi connectivity index (χ0) is 34.3. The average Bonchev–Trinajstić information content (AvgIpc) is 3.08. The average molecular weight is 649 g/mol. The van der Waals surface area contributed by atoms with Crippen LogP contribution < -0.4 is 10.1 Å². The fourth-order valence-corrected chi connectivity index (χ4v) is 5.77. The number of amides is 1. The Hall–Kier alpha value is -5.08. The maximum Gasteiger partial charge on any atom is 0.326 e. The molecule has 2 atom stereocenters. The van der Waals surface area contributed by atoms with E-state index in [2.05, 4.69) is 44.8 Å². The normalized spacial score (nSPS) is 14.8. The first kappa shape index (κ1) is 34.3. The summed E-state index contributed by atoms with van der Waals surface area (Å²) in [6.45, 7) is 11.6. The summed E-state index contributed by atoms with van der Waals surface area (Å²) >= 11 is 0. The van der Waals surface area contributed by atoms with Crippen molar-refractivity contribution in [1.82, 2.24) is 10.2 Å². The molecule has 2 unspecified atom stereocenters. The van der Waals surface area contributed by atoms with Crippen LogP contribution in [0.15, 0.2) is 110 Å². The third-order valence-electron chi connectivity index (χ3n) is 8.56. The van der Waals surface area contributed by atoms with Gasteiger partial charge >= 0.3 is 5.97 Å². The minimum Gasteiger partial charge on any atom is -0.480 e. The standard InChI is InChI=1S/C40H44N2O6/c1-27(47-22-21-46-5)42-26-32-24-35(48-34-19-16-33(17-20-34)40(2,3)4)18-15-31(32)25-37(42)38(43)41-36(39(44)45)23-28-11-13-30(14-12-28)29-9-7-6-8-10-29/h6-20,24,36-37H,1,21-23,25-26H2,2-5H3,(H,41,43)(H,44,45). The Morgan fingerprint density at radius 3 is 2.21 bits per heavy atom. The van der Waals surface area contributed by atoms with Gasteiger partial charge in [-0.1, -0.05) is 93.6 Å². The number of carbonyl (C=O) groups is 2. The van der Waals surface area contributed by atoms with Gasteiger partial charge in [-0.15, -0.1) is 0 Å². The van der Waals surface area contributed by atoms with Crippen LogP contribution in [0.3, 0.4) is 0 Å². The fraction of sp³-hybridized carbons (Fsp3) is 0.300. The molecular weight excluding hydrogens is 604 g/mol. The summed E-state index contributed by atoms with van der Waals surface area (Å²) in [5.74, 6) is 0.200. The molecule has 1 heterocycles. The quantitative estimate of drug-likeness (QED) is 0.118. The molecule has 0 aromatic heterocycles. The van der Waals surface area contributed by atoms with Crippen LogP contribution in [0.5, 0.6) is 11.5 Å². The van der Waals surface area contributed by atoms with Crippen LogP contribution in [-0.2, 0) is 43.9 Å². The van der Waals surface area contributed by atoms with Crippen LogP contribution in [-0.4, -0.2) is 54.3 Å². The number of nitrogens with zero attached hydrogens (tertiary/aromatic N) is 1. The number of aliphatic carboxylic acids is 1. The van der Waals surface area contributed by atoms with Crippen molar-refractivity contribution in [2.24, 2.45) is 0 Å². The van der Waals surface area contributed by atoms with E-state index in [-0.39, 0.29) is 18.4 Å². The number of nitrogens with one attached hydrogen (secondary N) is 1. The molecule has 0 saturated heterocycles. The fourth-order valence-electron chi connectivity index (χ4n) is 5.77. The molecule has 4 aromatic carbocycles. The number of hydrogen-bond acceptors (Lipinski definition) is 6. The molecule has 5 rings (SSSR count). The van der Waals surface area contributed by atoms with Crippen molar-refractivity contribution in [3.8, 4) is 22.6 Å². The first-order valence-electron chi connectivity index (χ1n) is 16.2. The van der Waals surface area contributed by atoms with Crippen molar-refractivity contribution in [1.29, 1.82) is 0 Å². The van der Waals surface area contributed by atoms with Crippen LogP contribution in [0.4, 0.5) is 0 Å². The lowest BCUT2D eigenvalue weighted by molar-refractivity contribution is -0.142. The maximum atomic E-state index is 13.8. The molecule has 0 spiro atoms. The zero-order valence-corrected chi connectivity index (χ0v) is 28.1. The molecule has 48 heavy (non-hydrogen) atoms. The second-order valence-electron chi connectivity index (χ2n) is 13.1. The van der Waals surface area contributed by atoms with Gasteiger partial charge in [0, 0.05) is 26.5 Å². The van der Waals surface area contributed by atoms with Gasteiger partial charge in [0.05, 0.1) is 6.61 Å². The van der Waals surface area contributed by atoms with E-state index in [9.17, 15) is 14.7 Å². The van der Waals surface area contributed by atoms with Gasteiger partial charge < -0.3 is 29.5 Å². The van der Waals surface area contributed by atoms with Gasteiger partial charge in [-0.25, -0.2) is 4.79 Å². The van der Waals surface area contributed by atoms with Crippen molar-refractivity contribution in [2.75, 3.05) is 20.3 Å². The highest BCUT2D eigenvalue weighted by Crippen LogP contribution is 2.32. The van der Waals surface area contributed by atoms with Crippen molar-refractivity contribution in [3.05, 3.63) is 132 Å². The van der Waals surface area contributed by atoms with Crippen LogP contribution in [0.2, 0.25) is 0 Å². The Bertz CT molecular complexity index is 1710. The molecule has 8 heteroatoms. The Balaban J connectivity index is 1.32. The predicted octanol–water partition coefficient (Wildman–Crippen LogP) is 7.12. The number of rotatable bonds is 13. The molecule has 4 aromatic rings. The smallest absolute Gasteiger partial charge is 0.326 e. The summed E-state index contributed by atoms with van der Waals surface area (Å²) < 4.78 is 17.2. The molecular formula is C40H44N2O6. The molecule has 1 aliphatic rings. The van der Waals surface area contributed by atoms with E-state index in [0.717, 1.165) is 33.6 Å². The Morgan fingerprint density at radius 1 is 0.896 bits per heavy atom. The third kappa shape index (κ3) is 8.63. The number of benzene rings is 4. The van der Waals surface area contributed by atoms with Crippen molar-refractivity contribution >= 4 is 11.9 Å². The number of hydrogen-bond donors (Lipinski definition) is 2. The number of fused-ring (bicyclic) bond motifs is 1. The van der Waals surface area contributed by atoms with Gasteiger partial charge in [0.15, 0.2) is 5.88 Å². The Morgan fingerprint density at radius 2 is 1.56 bits per heavy atom. The summed E-state index contributed by atoms with van der Waals surface area (Å²) in [6, 6.07) is 29.7. The minimum absolute atomic E-state index is 0.0446. The number of carboxylic acid groups (broad SMARTS) is 1. The lowest BCUT2D eigenvalue weighted by Crippen LogP contribution is -2.54. The lowest BCUT2D eigenvalue weighted by Gasteiger charge is -2.38. The molecule has 2 N–H and O–H groups in total. The largest absolute Gasteiger partial charge is 0.480 e. The van der Waals surface area contributed by atoms with Crippen LogP contribution in [0.1, 0.15) is 43.0 Å². The van der Waals surface area contributed by atoms with Gasteiger partial charge in [0.2, 0.25) is 5.91 Å². The van der Waals surface area contributed by atoms with Crippen molar-refractivity contribution in [3.63, 3.8) is 0 Å². The van der Waals surface area contributed by atoms with Gasteiger partial charge in [-0.2, -0.15) is 0 Å². The summed E-state index contributed by atoms with van der Waals surface area (Å²) in [7, 11) is 1.58.